The molecule has 0 aliphatic carbocycles. The summed E-state index contributed by atoms with van der Waals surface area (Å²) in [6, 6.07) is 0. The highest BCUT2D eigenvalue weighted by molar-refractivity contribution is 7.53. The third kappa shape index (κ3) is 3.45. The monoisotopic (exact) mass is 236 g/mol. The van der Waals surface area contributed by atoms with Crippen LogP contribution in [0.4, 0.5) is 0 Å². The van der Waals surface area contributed by atoms with E-state index >= 15 is 0 Å². The van der Waals surface area contributed by atoms with Crippen LogP contribution in [0.2, 0.25) is 0 Å². The van der Waals surface area contributed by atoms with Gasteiger partial charge in [0.2, 0.25) is 5.34 Å². The summed E-state index contributed by atoms with van der Waals surface area (Å²) < 4.78 is 16.1. The van der Waals surface area contributed by atoms with Crippen molar-refractivity contribution in [3.63, 3.8) is 0 Å². The highest BCUT2D eigenvalue weighted by atomic mass is 31.2. The Balaban J connectivity index is 4.97. The minimum Gasteiger partial charge on any atom is -0.443 e. The predicted octanol–water partition coefficient (Wildman–Crippen LogP) is 1.80. The summed E-state index contributed by atoms with van der Waals surface area (Å²) in [5.41, 5.74) is 0. The molecule has 0 unspecified atom stereocenters. The summed E-state index contributed by atoms with van der Waals surface area (Å²) in [4.78, 5) is 29.5. The van der Waals surface area contributed by atoms with Gasteiger partial charge in [-0.3, -0.25) is 4.57 Å². The lowest BCUT2D eigenvalue weighted by Gasteiger charge is -2.31. The molecule has 0 rings (SSSR count). The average Bonchev–Trinajstić information content (AvgIpc) is 2.12. The van der Waals surface area contributed by atoms with Crippen LogP contribution in [0.5, 0.6) is 0 Å². The molecule has 0 aliphatic heterocycles. The molecule has 0 spiro atoms. The minimum absolute atomic E-state index is 0.0804. The third-order valence-electron chi connectivity index (χ3n) is 2.23. The molecule has 5 nitrogen and oxygen atoms in total. The molecule has 2 N–H and O–H groups in total. The molecular weight excluding hydrogens is 219 g/mol. The Morgan fingerprint density at radius 3 is 2.13 bits per heavy atom. The number of ether oxygens (including phenoxy) is 1. The first-order valence-electron chi connectivity index (χ1n) is 4.74. The largest absolute Gasteiger partial charge is 0.443 e. The normalized spacial score (nSPS) is 13.1. The lowest BCUT2D eigenvalue weighted by molar-refractivity contribution is -0.148. The molecule has 0 atom stereocenters. The van der Waals surface area contributed by atoms with Crippen LogP contribution in [-0.2, 0) is 14.1 Å². The molecule has 0 bridgehead atoms. The molecule has 0 saturated carbocycles. The van der Waals surface area contributed by atoms with Gasteiger partial charge in [0.05, 0.1) is 0 Å². The van der Waals surface area contributed by atoms with E-state index in [1.807, 2.05) is 0 Å². The van der Waals surface area contributed by atoms with Crippen LogP contribution in [-0.4, -0.2) is 21.1 Å². The third-order valence-corrected chi connectivity index (χ3v) is 4.01. The van der Waals surface area contributed by atoms with Crippen molar-refractivity contribution in [1.29, 1.82) is 0 Å². The van der Waals surface area contributed by atoms with E-state index in [4.69, 9.17) is 14.5 Å². The van der Waals surface area contributed by atoms with Gasteiger partial charge in [-0.1, -0.05) is 19.9 Å². The standard InChI is InChI=1S/C9H17O5P/c1-4-7-8(10)14-9(5-2,6-3)15(11,12)13/h4,7H,5-6H2,1-3H3,(H2,11,12,13). The fourth-order valence-electron chi connectivity index (χ4n) is 1.22. The van der Waals surface area contributed by atoms with Crippen molar-refractivity contribution in [2.75, 3.05) is 0 Å². The zero-order valence-electron chi connectivity index (χ0n) is 9.14. The number of hydrogen-bond acceptors (Lipinski definition) is 3. The Morgan fingerprint density at radius 2 is 1.87 bits per heavy atom. The van der Waals surface area contributed by atoms with E-state index in [1.54, 1.807) is 20.8 Å². The van der Waals surface area contributed by atoms with Gasteiger partial charge < -0.3 is 14.5 Å². The summed E-state index contributed by atoms with van der Waals surface area (Å²) in [5.74, 6) is -0.732. The van der Waals surface area contributed by atoms with Gasteiger partial charge in [0.25, 0.3) is 0 Å². The number of allylic oxidation sites excluding steroid dienone is 1. The predicted molar refractivity (Wildman–Crippen MR) is 56.3 cm³/mol. The lowest BCUT2D eigenvalue weighted by Crippen LogP contribution is -2.33. The van der Waals surface area contributed by atoms with Crippen LogP contribution in [0.1, 0.15) is 33.6 Å². The smallest absolute Gasteiger partial charge is 0.368 e. The van der Waals surface area contributed by atoms with Gasteiger partial charge in [0.1, 0.15) is 0 Å². The molecule has 0 aromatic rings. The van der Waals surface area contributed by atoms with Gasteiger partial charge in [-0.15, -0.1) is 0 Å². The summed E-state index contributed by atoms with van der Waals surface area (Å²) in [7, 11) is -4.46. The van der Waals surface area contributed by atoms with E-state index < -0.39 is 18.9 Å². The summed E-state index contributed by atoms with van der Waals surface area (Å²) >= 11 is 0. The number of carbonyl (C=O) groups is 1. The van der Waals surface area contributed by atoms with Gasteiger partial charge in [-0.2, -0.15) is 0 Å². The van der Waals surface area contributed by atoms with E-state index in [9.17, 15) is 9.36 Å². The molecule has 88 valence electrons. The van der Waals surface area contributed by atoms with Gasteiger partial charge in [0, 0.05) is 6.08 Å². The van der Waals surface area contributed by atoms with Crippen molar-refractivity contribution < 1.29 is 23.9 Å². The van der Waals surface area contributed by atoms with Crippen LogP contribution in [0.25, 0.3) is 0 Å². The van der Waals surface area contributed by atoms with Gasteiger partial charge in [0.15, 0.2) is 0 Å². The maximum atomic E-state index is 11.2. The number of hydrogen-bond donors (Lipinski definition) is 2. The molecule has 6 heteroatoms. The first-order chi connectivity index (χ1) is 6.83. The molecular formula is C9H17O5P. The minimum atomic E-state index is -4.46. The SMILES string of the molecule is CC=CC(=O)OC(CC)(CC)P(=O)(O)O. The van der Waals surface area contributed by atoms with E-state index in [0.717, 1.165) is 6.08 Å². The highest BCUT2D eigenvalue weighted by Crippen LogP contribution is 2.55. The first kappa shape index (κ1) is 14.4. The van der Waals surface area contributed by atoms with Crippen LogP contribution in [0.15, 0.2) is 12.2 Å². The van der Waals surface area contributed by atoms with E-state index in [-0.39, 0.29) is 12.8 Å². The van der Waals surface area contributed by atoms with Gasteiger partial charge in [-0.05, 0) is 19.8 Å². The quantitative estimate of drug-likeness (QED) is 0.432. The topological polar surface area (TPSA) is 83.8 Å². The summed E-state index contributed by atoms with van der Waals surface area (Å²) in [6.07, 6.45) is 2.75. The second-order valence-corrected chi connectivity index (χ2v) is 5.02. The van der Waals surface area contributed by atoms with E-state index in [1.165, 1.54) is 6.08 Å². The molecule has 0 fully saturated rings. The Hall–Kier alpha value is -0.640. The van der Waals surface area contributed by atoms with Crippen molar-refractivity contribution in [1.82, 2.24) is 0 Å². The zero-order valence-corrected chi connectivity index (χ0v) is 10.0. The second kappa shape index (κ2) is 5.45. The van der Waals surface area contributed by atoms with E-state index in [2.05, 4.69) is 0 Å². The average molecular weight is 236 g/mol. The Labute approximate surface area is 89.3 Å². The molecule has 0 heterocycles. The fourth-order valence-corrected chi connectivity index (χ4v) is 2.26. The van der Waals surface area contributed by atoms with Crippen LogP contribution in [0.3, 0.4) is 0 Å². The molecule has 0 saturated heterocycles. The second-order valence-electron chi connectivity index (χ2n) is 3.12. The van der Waals surface area contributed by atoms with Crippen molar-refractivity contribution in [2.24, 2.45) is 0 Å². The number of carbonyl (C=O) groups excluding carboxylic acids is 1. The molecule has 15 heavy (non-hydrogen) atoms. The van der Waals surface area contributed by atoms with Crippen LogP contribution in [0, 0.1) is 0 Å². The Morgan fingerprint density at radius 1 is 1.40 bits per heavy atom. The van der Waals surface area contributed by atoms with Gasteiger partial charge >= 0.3 is 13.6 Å². The first-order valence-corrected chi connectivity index (χ1v) is 6.35. The number of esters is 1. The van der Waals surface area contributed by atoms with Crippen molar-refractivity contribution >= 4 is 13.6 Å². The van der Waals surface area contributed by atoms with Crippen molar-refractivity contribution in [3.05, 3.63) is 12.2 Å². The summed E-state index contributed by atoms with van der Waals surface area (Å²) in [5, 5.41) is -1.69. The van der Waals surface area contributed by atoms with Gasteiger partial charge in [-0.25, -0.2) is 4.79 Å². The molecule has 0 radical (unpaired) electrons. The summed E-state index contributed by atoms with van der Waals surface area (Å²) in [6.45, 7) is 4.77. The molecule has 0 aromatic carbocycles. The lowest BCUT2D eigenvalue weighted by atomic mass is 10.2. The van der Waals surface area contributed by atoms with Crippen LogP contribution >= 0.6 is 7.60 Å². The number of rotatable bonds is 5. The zero-order chi connectivity index (χ0) is 12.1. The maximum absolute atomic E-state index is 11.2. The molecule has 0 aromatic heterocycles. The molecule has 0 amide bonds. The van der Waals surface area contributed by atoms with Crippen LogP contribution < -0.4 is 0 Å². The maximum Gasteiger partial charge on any atom is 0.368 e. The highest BCUT2D eigenvalue weighted by Gasteiger charge is 2.47. The van der Waals surface area contributed by atoms with E-state index in [0.29, 0.717) is 0 Å². The Bertz CT molecular complexity index is 287. The van der Waals surface area contributed by atoms with Crippen molar-refractivity contribution in [3.8, 4) is 0 Å². The molecule has 0 aliphatic rings. The fraction of sp³-hybridized carbons (Fsp3) is 0.667. The Kier molecular flexibility index (Phi) is 5.21. The van der Waals surface area contributed by atoms with Crippen molar-refractivity contribution in [2.45, 2.75) is 39.0 Å².